The number of hydrogen-bond acceptors (Lipinski definition) is 2. The minimum absolute atomic E-state index is 0.0498. The predicted octanol–water partition coefficient (Wildman–Crippen LogP) is 2.35. The van der Waals surface area contributed by atoms with Crippen molar-refractivity contribution in [3.8, 4) is 0 Å². The maximum atomic E-state index is 11.5. The van der Waals surface area contributed by atoms with Crippen LogP contribution in [0.5, 0.6) is 0 Å². The minimum Gasteiger partial charge on any atom is -0.441 e. The molecule has 0 unspecified atom stereocenters. The highest BCUT2D eigenvalue weighted by molar-refractivity contribution is 5.72. The van der Waals surface area contributed by atoms with Crippen molar-refractivity contribution in [2.75, 3.05) is 6.54 Å². The standard InChI is InChI=1S/C11H17NO2/c1-5-7-8-12-9(6-2)11(3,4)14-10(12)13/h5-7,9H,2,8H2,1,3-4H3/b7-5+/t9-/m0/s1. The first-order valence-corrected chi connectivity index (χ1v) is 4.76. The normalized spacial score (nSPS) is 25.5. The molecular formula is C11H17NO2. The minimum atomic E-state index is -0.472. The molecule has 1 saturated heterocycles. The zero-order valence-corrected chi connectivity index (χ0v) is 8.99. The smallest absolute Gasteiger partial charge is 0.411 e. The summed E-state index contributed by atoms with van der Waals surface area (Å²) in [7, 11) is 0. The van der Waals surface area contributed by atoms with Gasteiger partial charge in [-0.2, -0.15) is 0 Å². The monoisotopic (exact) mass is 195 g/mol. The van der Waals surface area contributed by atoms with Gasteiger partial charge >= 0.3 is 6.09 Å². The summed E-state index contributed by atoms with van der Waals surface area (Å²) in [5.74, 6) is 0. The van der Waals surface area contributed by atoms with Gasteiger partial charge in [-0.15, -0.1) is 6.58 Å². The molecule has 0 aliphatic carbocycles. The number of nitrogens with zero attached hydrogens (tertiary/aromatic N) is 1. The molecule has 0 N–H and O–H groups in total. The molecule has 3 nitrogen and oxygen atoms in total. The zero-order chi connectivity index (χ0) is 10.8. The second-order valence-electron chi connectivity index (χ2n) is 3.87. The Labute approximate surface area is 85.0 Å². The summed E-state index contributed by atoms with van der Waals surface area (Å²) in [5, 5.41) is 0. The molecule has 0 radical (unpaired) electrons. The van der Waals surface area contributed by atoms with Crippen molar-refractivity contribution in [1.82, 2.24) is 4.90 Å². The molecule has 0 aromatic rings. The van der Waals surface area contributed by atoms with Crippen LogP contribution in [0.2, 0.25) is 0 Å². The Balaban J connectivity index is 2.83. The van der Waals surface area contributed by atoms with E-state index < -0.39 is 5.60 Å². The maximum Gasteiger partial charge on any atom is 0.411 e. The fraction of sp³-hybridized carbons (Fsp3) is 0.545. The Morgan fingerprint density at radius 2 is 2.29 bits per heavy atom. The van der Waals surface area contributed by atoms with Crippen molar-refractivity contribution >= 4 is 6.09 Å². The van der Waals surface area contributed by atoms with Crippen molar-refractivity contribution in [3.63, 3.8) is 0 Å². The molecule has 0 aromatic carbocycles. The summed E-state index contributed by atoms with van der Waals surface area (Å²) in [5.41, 5.74) is -0.472. The van der Waals surface area contributed by atoms with Gasteiger partial charge in [0.25, 0.3) is 0 Å². The molecule has 1 heterocycles. The average Bonchev–Trinajstić information content (AvgIpc) is 2.31. The van der Waals surface area contributed by atoms with E-state index in [1.807, 2.05) is 32.9 Å². The summed E-state index contributed by atoms with van der Waals surface area (Å²) in [6.45, 7) is 10.0. The predicted molar refractivity (Wildman–Crippen MR) is 56.1 cm³/mol. The first-order chi connectivity index (χ1) is 6.53. The van der Waals surface area contributed by atoms with E-state index >= 15 is 0 Å². The van der Waals surface area contributed by atoms with Gasteiger partial charge in [0.2, 0.25) is 0 Å². The van der Waals surface area contributed by atoms with Gasteiger partial charge < -0.3 is 4.74 Å². The fourth-order valence-electron chi connectivity index (χ4n) is 1.65. The van der Waals surface area contributed by atoms with Gasteiger partial charge in [-0.05, 0) is 20.8 Å². The van der Waals surface area contributed by atoms with Crippen LogP contribution in [-0.4, -0.2) is 29.2 Å². The van der Waals surface area contributed by atoms with Crippen LogP contribution in [0.4, 0.5) is 4.79 Å². The Morgan fingerprint density at radius 1 is 1.64 bits per heavy atom. The molecule has 1 rings (SSSR count). The first-order valence-electron chi connectivity index (χ1n) is 4.76. The van der Waals surface area contributed by atoms with Crippen molar-refractivity contribution in [1.29, 1.82) is 0 Å². The lowest BCUT2D eigenvalue weighted by atomic mass is 9.99. The van der Waals surface area contributed by atoms with Crippen LogP contribution in [0.1, 0.15) is 20.8 Å². The third-order valence-corrected chi connectivity index (χ3v) is 2.39. The summed E-state index contributed by atoms with van der Waals surface area (Å²) < 4.78 is 5.24. The Hall–Kier alpha value is -1.25. The number of hydrogen-bond donors (Lipinski definition) is 0. The van der Waals surface area contributed by atoms with E-state index in [-0.39, 0.29) is 12.1 Å². The third-order valence-electron chi connectivity index (χ3n) is 2.39. The SMILES string of the molecule is C=C[C@@H]1N(C/C=C/C)C(=O)OC1(C)C. The third kappa shape index (κ3) is 1.81. The van der Waals surface area contributed by atoms with E-state index in [4.69, 9.17) is 4.74 Å². The van der Waals surface area contributed by atoms with Crippen LogP contribution in [0.3, 0.4) is 0 Å². The molecule has 1 aliphatic heterocycles. The summed E-state index contributed by atoms with van der Waals surface area (Å²) in [6.07, 6.45) is 5.34. The molecule has 1 aliphatic rings. The van der Waals surface area contributed by atoms with Crippen LogP contribution in [0.25, 0.3) is 0 Å². The summed E-state index contributed by atoms with van der Waals surface area (Å²) >= 11 is 0. The molecule has 1 fully saturated rings. The molecule has 1 amide bonds. The lowest BCUT2D eigenvalue weighted by Gasteiger charge is -2.24. The van der Waals surface area contributed by atoms with E-state index in [0.717, 1.165) is 0 Å². The lowest BCUT2D eigenvalue weighted by molar-refractivity contribution is 0.0765. The number of rotatable bonds is 3. The highest BCUT2D eigenvalue weighted by Gasteiger charge is 2.45. The lowest BCUT2D eigenvalue weighted by Crippen LogP contribution is -2.39. The molecule has 0 aromatic heterocycles. The number of carbonyl (C=O) groups excluding carboxylic acids is 1. The number of allylic oxidation sites excluding steroid dienone is 1. The highest BCUT2D eigenvalue weighted by Crippen LogP contribution is 2.29. The van der Waals surface area contributed by atoms with Crippen molar-refractivity contribution in [2.24, 2.45) is 0 Å². The Kier molecular flexibility index (Phi) is 2.99. The molecule has 0 saturated carbocycles. The van der Waals surface area contributed by atoms with E-state index in [1.165, 1.54) is 0 Å². The van der Waals surface area contributed by atoms with E-state index in [2.05, 4.69) is 6.58 Å². The second kappa shape index (κ2) is 3.86. The van der Waals surface area contributed by atoms with Crippen molar-refractivity contribution in [3.05, 3.63) is 24.8 Å². The van der Waals surface area contributed by atoms with Crippen LogP contribution in [0.15, 0.2) is 24.8 Å². The van der Waals surface area contributed by atoms with Crippen LogP contribution in [-0.2, 0) is 4.74 Å². The Morgan fingerprint density at radius 3 is 2.79 bits per heavy atom. The molecule has 0 bridgehead atoms. The number of cyclic esters (lactones) is 1. The topological polar surface area (TPSA) is 29.5 Å². The van der Waals surface area contributed by atoms with Crippen molar-refractivity contribution in [2.45, 2.75) is 32.4 Å². The van der Waals surface area contributed by atoms with Crippen LogP contribution < -0.4 is 0 Å². The van der Waals surface area contributed by atoms with Gasteiger partial charge in [-0.25, -0.2) is 4.79 Å². The Bertz CT molecular complexity index is 268. The molecule has 3 heteroatoms. The van der Waals surface area contributed by atoms with Gasteiger partial charge in [0.05, 0.1) is 6.04 Å². The van der Waals surface area contributed by atoms with Gasteiger partial charge in [-0.1, -0.05) is 18.2 Å². The van der Waals surface area contributed by atoms with Gasteiger partial charge in [0, 0.05) is 6.54 Å². The quantitative estimate of drug-likeness (QED) is 0.647. The average molecular weight is 195 g/mol. The highest BCUT2D eigenvalue weighted by atomic mass is 16.6. The number of amides is 1. The molecule has 0 spiro atoms. The summed E-state index contributed by atoms with van der Waals surface area (Å²) in [4.78, 5) is 13.2. The number of ether oxygens (including phenoxy) is 1. The van der Waals surface area contributed by atoms with Crippen LogP contribution in [0, 0.1) is 0 Å². The first kappa shape index (κ1) is 10.8. The van der Waals surface area contributed by atoms with Gasteiger partial charge in [0.15, 0.2) is 0 Å². The van der Waals surface area contributed by atoms with E-state index in [0.29, 0.717) is 6.54 Å². The number of carbonyl (C=O) groups is 1. The zero-order valence-electron chi connectivity index (χ0n) is 8.99. The van der Waals surface area contributed by atoms with Crippen LogP contribution >= 0.6 is 0 Å². The van der Waals surface area contributed by atoms with E-state index in [1.54, 1.807) is 11.0 Å². The fourth-order valence-corrected chi connectivity index (χ4v) is 1.65. The van der Waals surface area contributed by atoms with Gasteiger partial charge in [-0.3, -0.25) is 4.90 Å². The van der Waals surface area contributed by atoms with Gasteiger partial charge in [0.1, 0.15) is 5.60 Å². The second-order valence-corrected chi connectivity index (χ2v) is 3.87. The largest absolute Gasteiger partial charge is 0.441 e. The van der Waals surface area contributed by atoms with Crippen molar-refractivity contribution < 1.29 is 9.53 Å². The molecule has 1 atom stereocenters. The molecular weight excluding hydrogens is 178 g/mol. The molecule has 14 heavy (non-hydrogen) atoms. The maximum absolute atomic E-state index is 11.5. The van der Waals surface area contributed by atoms with E-state index in [9.17, 15) is 4.79 Å². The summed E-state index contributed by atoms with van der Waals surface area (Å²) in [6, 6.07) is -0.0498. The molecule has 78 valence electrons.